The fourth-order valence-corrected chi connectivity index (χ4v) is 10.8. The van der Waals surface area contributed by atoms with Gasteiger partial charge in [0.05, 0.1) is 36.7 Å². The van der Waals surface area contributed by atoms with E-state index in [0.29, 0.717) is 97.2 Å². The summed E-state index contributed by atoms with van der Waals surface area (Å²) in [5.41, 5.74) is 0. The molecule has 16 atom stereocenters. The number of nitrogens with two attached hydrogens (primary N) is 2. The Labute approximate surface area is 284 Å². The summed E-state index contributed by atoms with van der Waals surface area (Å²) >= 11 is 0. The number of quaternary nitrogens is 2. The fraction of sp³-hybridized carbons (Fsp3) is 1.00. The molecule has 0 amide bonds. The highest BCUT2D eigenvalue weighted by molar-refractivity contribution is 5.08. The van der Waals surface area contributed by atoms with E-state index in [9.17, 15) is 0 Å². The van der Waals surface area contributed by atoms with Crippen LogP contribution in [0.3, 0.4) is 0 Å². The summed E-state index contributed by atoms with van der Waals surface area (Å²) in [5, 5.41) is 46.1. The molecule has 9 heterocycles. The van der Waals surface area contributed by atoms with E-state index in [1.54, 1.807) is 0 Å². The summed E-state index contributed by atoms with van der Waals surface area (Å²) in [4.78, 5) is 0. The molecule has 9 rings (SSSR count). The molecule has 240 valence electrons. The van der Waals surface area contributed by atoms with Gasteiger partial charge in [-0.3, -0.25) is 31.9 Å². The predicted molar refractivity (Wildman–Crippen MR) is 151 cm³/mol. The quantitative estimate of drug-likeness (QED) is 0.106. The third-order valence-corrected chi connectivity index (χ3v) is 12.5. The smallest absolute Gasteiger partial charge is 0.158 e. The van der Waals surface area contributed by atoms with E-state index in [0.717, 1.165) is 26.2 Å². The van der Waals surface area contributed by atoms with Crippen molar-refractivity contribution in [2.45, 2.75) is 125 Å². The van der Waals surface area contributed by atoms with E-state index in [1.165, 1.54) is 51.4 Å². The zero-order chi connectivity index (χ0) is 26.2. The zero-order valence-corrected chi connectivity index (χ0v) is 28.9. The lowest BCUT2D eigenvalue weighted by Crippen LogP contribution is -3.00. The maximum absolute atomic E-state index is 4.20. The molecule has 0 spiro atoms. The molecule has 14 N–H and O–H groups in total. The van der Waals surface area contributed by atoms with Crippen molar-refractivity contribution >= 4 is 0 Å². The number of halogens is 2. The maximum atomic E-state index is 4.20. The Morgan fingerprint density at radius 3 is 1.14 bits per heavy atom. The van der Waals surface area contributed by atoms with Crippen LogP contribution in [0.1, 0.15) is 51.4 Å². The van der Waals surface area contributed by atoms with Crippen LogP contribution in [0.5, 0.6) is 0 Å². The Bertz CT molecular complexity index is 727. The molecule has 9 aliphatic heterocycles. The second-order valence-corrected chi connectivity index (χ2v) is 14.5. The molecule has 0 aromatic heterocycles. The summed E-state index contributed by atoms with van der Waals surface area (Å²) < 4.78 is 0. The molecule has 9 aliphatic rings. The Kier molecular flexibility index (Phi) is 9.95. The minimum absolute atomic E-state index is 0. The summed E-state index contributed by atoms with van der Waals surface area (Å²) in [5.74, 6) is 2.52. The minimum Gasteiger partial charge on any atom is -1.00 e. The highest BCUT2D eigenvalue weighted by Crippen LogP contribution is 2.33. The van der Waals surface area contributed by atoms with E-state index in [2.05, 4.69) is 63.8 Å². The van der Waals surface area contributed by atoms with E-state index in [-0.39, 0.29) is 48.0 Å². The first-order chi connectivity index (χ1) is 19.8. The van der Waals surface area contributed by atoms with Crippen LogP contribution in [0.25, 0.3) is 0 Å². The number of nitrogens with one attached hydrogen (secondary N) is 10. The van der Waals surface area contributed by atoms with Crippen LogP contribution in [0.15, 0.2) is 0 Å². The van der Waals surface area contributed by atoms with Crippen LogP contribution in [-0.2, 0) is 0 Å². The van der Waals surface area contributed by atoms with Crippen molar-refractivity contribution in [3.05, 3.63) is 0 Å². The molecular formula is C28H54I2N12. The minimum atomic E-state index is 0. The number of hydrogen-bond donors (Lipinski definition) is 12. The highest BCUT2D eigenvalue weighted by atomic mass is 127. The molecule has 42 heavy (non-hydrogen) atoms. The van der Waals surface area contributed by atoms with Gasteiger partial charge in [0, 0.05) is 35.8 Å². The topological polar surface area (TPSA) is 154 Å². The number of piperidine rings is 4. The molecule has 14 heteroatoms. The van der Waals surface area contributed by atoms with E-state index in [4.69, 9.17) is 0 Å². The van der Waals surface area contributed by atoms with Crippen LogP contribution in [0.4, 0.5) is 0 Å². The van der Waals surface area contributed by atoms with Gasteiger partial charge in [-0.1, -0.05) is 0 Å². The Hall–Kier alpha value is 0.980. The van der Waals surface area contributed by atoms with Crippen LogP contribution in [0.2, 0.25) is 0 Å². The molecule has 0 aromatic rings. The first-order valence-electron chi connectivity index (χ1n) is 17.0. The molecule has 0 radical (unpaired) electrons. The monoisotopic (exact) mass is 812 g/mol. The summed E-state index contributed by atoms with van der Waals surface area (Å²) in [7, 11) is 0. The summed E-state index contributed by atoms with van der Waals surface area (Å²) in [6, 6.07) is 1.98. The summed E-state index contributed by atoms with van der Waals surface area (Å²) in [6.07, 6.45) is 13.2. The molecule has 9 fully saturated rings. The second-order valence-electron chi connectivity index (χ2n) is 14.5. The lowest BCUT2D eigenvalue weighted by Gasteiger charge is -2.34. The van der Waals surface area contributed by atoms with Gasteiger partial charge in [0.15, 0.2) is 12.3 Å². The van der Waals surface area contributed by atoms with Crippen LogP contribution >= 0.6 is 0 Å². The lowest BCUT2D eigenvalue weighted by molar-refractivity contribution is -0.715. The number of rotatable bonds is 0. The maximum Gasteiger partial charge on any atom is 0.158 e. The van der Waals surface area contributed by atoms with Gasteiger partial charge in [-0.2, -0.15) is 0 Å². The van der Waals surface area contributed by atoms with Crippen molar-refractivity contribution in [3.63, 3.8) is 0 Å². The van der Waals surface area contributed by atoms with Crippen molar-refractivity contribution in [2.24, 2.45) is 23.7 Å². The first-order valence-corrected chi connectivity index (χ1v) is 17.0. The normalized spacial score (nSPS) is 54.9. The Morgan fingerprint density at radius 1 is 0.357 bits per heavy atom. The van der Waals surface area contributed by atoms with Crippen molar-refractivity contribution in [3.8, 4) is 0 Å². The van der Waals surface area contributed by atoms with Gasteiger partial charge >= 0.3 is 0 Å². The van der Waals surface area contributed by atoms with Crippen LogP contribution in [0, 0.1) is 23.7 Å². The van der Waals surface area contributed by atoms with Gasteiger partial charge in [0.25, 0.3) is 0 Å². The van der Waals surface area contributed by atoms with Gasteiger partial charge in [-0.05, 0) is 77.5 Å². The van der Waals surface area contributed by atoms with Gasteiger partial charge in [-0.25, -0.2) is 0 Å². The Balaban J connectivity index is 0.00000144. The van der Waals surface area contributed by atoms with Gasteiger partial charge in [0.1, 0.15) is 12.3 Å². The van der Waals surface area contributed by atoms with Crippen molar-refractivity contribution in [2.75, 3.05) is 26.2 Å². The molecule has 0 saturated carbocycles. The molecule has 9 saturated heterocycles. The van der Waals surface area contributed by atoms with E-state index >= 15 is 0 Å². The predicted octanol–water partition coefficient (Wildman–Crippen LogP) is -11.2. The lowest BCUT2D eigenvalue weighted by atomic mass is 9.87. The van der Waals surface area contributed by atoms with Crippen molar-refractivity contribution in [1.82, 2.24) is 53.2 Å². The third-order valence-electron chi connectivity index (χ3n) is 12.5. The molecule has 0 aliphatic carbocycles. The largest absolute Gasteiger partial charge is 1.00 e. The number of hydrogen-bond acceptors (Lipinski definition) is 10. The average molecular weight is 813 g/mol. The molecule has 0 aromatic carbocycles. The van der Waals surface area contributed by atoms with E-state index < -0.39 is 0 Å². The SMILES string of the molecule is C1CNC2C3NC(NC4[NH2+]C(NC5NC(NC6[NH2+]C(N3)C3CCCNC63)C3CCCNC53)C3CCCNC43)C2C1.[I-].[I-]. The molecule has 12 nitrogen and oxygen atoms in total. The van der Waals surface area contributed by atoms with Gasteiger partial charge < -0.3 is 79.9 Å². The second kappa shape index (κ2) is 13.2. The summed E-state index contributed by atoms with van der Waals surface area (Å²) in [6.45, 7) is 4.56. The number of fused-ring (bicyclic) bond motifs is 20. The van der Waals surface area contributed by atoms with Gasteiger partial charge in [-0.15, -0.1) is 0 Å². The average Bonchev–Trinajstić information content (AvgIpc) is 3.73. The zero-order valence-electron chi connectivity index (χ0n) is 24.6. The first kappa shape index (κ1) is 31.6. The fourth-order valence-electron chi connectivity index (χ4n) is 10.8. The van der Waals surface area contributed by atoms with E-state index in [1.807, 2.05) is 0 Å². The standard InChI is InChI=1S/C28H52N12.2HI/c1-5-13-17(29-9-1)25-33-21(13)37-26-18-14(6-2-10-30-18)23(34-26)39-28-20-16(8-4-12-32-20)24(36-28)40-27-19-15(7-3-11-31-19)22(35-27)38-25;;/h13-40H,1-12H2;2*1H. The van der Waals surface area contributed by atoms with Crippen LogP contribution in [-0.4, -0.2) is 99.7 Å². The molecular weight excluding hydrogens is 758 g/mol. The molecule has 16 unspecified atom stereocenters. The van der Waals surface area contributed by atoms with Crippen molar-refractivity contribution < 1.29 is 58.6 Å². The molecule has 8 bridgehead atoms. The van der Waals surface area contributed by atoms with Crippen LogP contribution < -0.4 is 112 Å². The highest BCUT2D eigenvalue weighted by Gasteiger charge is 2.57. The van der Waals surface area contributed by atoms with Gasteiger partial charge in [0.2, 0.25) is 0 Å². The Morgan fingerprint density at radius 2 is 0.714 bits per heavy atom. The van der Waals surface area contributed by atoms with Crippen molar-refractivity contribution in [1.29, 1.82) is 0 Å². The third kappa shape index (κ3) is 5.52.